The third-order valence-corrected chi connectivity index (χ3v) is 5.93. The zero-order valence-corrected chi connectivity index (χ0v) is 18.5. The first kappa shape index (κ1) is 21.1. The molecule has 6 heteroatoms. The van der Waals surface area contributed by atoms with Crippen LogP contribution in [0.2, 0.25) is 0 Å². The van der Waals surface area contributed by atoms with E-state index in [1.165, 1.54) is 0 Å². The Morgan fingerprint density at radius 1 is 1.12 bits per heavy atom. The summed E-state index contributed by atoms with van der Waals surface area (Å²) in [5.41, 5.74) is 7.39. The van der Waals surface area contributed by atoms with E-state index in [0.29, 0.717) is 12.0 Å². The van der Waals surface area contributed by atoms with E-state index in [0.717, 1.165) is 58.9 Å². The number of nitrogens with zero attached hydrogens (tertiary/aromatic N) is 2. The van der Waals surface area contributed by atoms with Crippen molar-refractivity contribution in [3.05, 3.63) is 101 Å². The maximum Gasteiger partial charge on any atom is 0.338 e. The fraction of sp³-hybridized carbons (Fsp3) is 0.222. The molecule has 1 fully saturated rings. The summed E-state index contributed by atoms with van der Waals surface area (Å²) in [4.78, 5) is 17.3. The third kappa shape index (κ3) is 4.71. The van der Waals surface area contributed by atoms with Gasteiger partial charge in [0.05, 0.1) is 23.2 Å². The maximum atomic E-state index is 12.7. The predicted octanol–water partition coefficient (Wildman–Crippen LogP) is 4.38. The van der Waals surface area contributed by atoms with Crippen molar-refractivity contribution in [3.8, 4) is 11.4 Å². The highest BCUT2D eigenvalue weighted by Gasteiger charge is 2.21. The molecule has 0 radical (unpaired) electrons. The molecule has 166 valence electrons. The van der Waals surface area contributed by atoms with Gasteiger partial charge in [-0.15, -0.1) is 0 Å². The van der Waals surface area contributed by atoms with Crippen LogP contribution < -0.4 is 5.32 Å². The van der Waals surface area contributed by atoms with Gasteiger partial charge in [0.1, 0.15) is 6.10 Å². The smallest absolute Gasteiger partial charge is 0.338 e. The van der Waals surface area contributed by atoms with Crippen molar-refractivity contribution >= 4 is 11.5 Å². The highest BCUT2D eigenvalue weighted by molar-refractivity contribution is 5.93. The number of hydrogen-bond acceptors (Lipinski definition) is 5. The molecule has 1 atom stereocenters. The van der Waals surface area contributed by atoms with Crippen LogP contribution in [0.15, 0.2) is 89.7 Å². The Labute approximate surface area is 193 Å². The van der Waals surface area contributed by atoms with Gasteiger partial charge in [0.15, 0.2) is 0 Å². The number of nitrogens with one attached hydrogen (secondary N) is 2. The topological polar surface area (TPSA) is 79.9 Å². The number of aromatic amines is 1. The molecule has 5 rings (SSSR count). The molecule has 1 aliphatic heterocycles. The van der Waals surface area contributed by atoms with E-state index in [2.05, 4.69) is 44.8 Å². The van der Waals surface area contributed by atoms with Crippen molar-refractivity contribution in [2.75, 3.05) is 13.1 Å². The Bertz CT molecular complexity index is 1250. The van der Waals surface area contributed by atoms with Gasteiger partial charge in [0.2, 0.25) is 0 Å². The minimum absolute atomic E-state index is 0.0437. The van der Waals surface area contributed by atoms with Crippen LogP contribution >= 0.6 is 0 Å². The largest absolute Gasteiger partial charge is 0.457 e. The van der Waals surface area contributed by atoms with Crippen LogP contribution in [0.5, 0.6) is 0 Å². The number of rotatable bonds is 4. The molecule has 2 aromatic heterocycles. The Balaban J connectivity index is 1.41. The molecule has 3 heterocycles. The lowest BCUT2D eigenvalue weighted by Gasteiger charge is -2.12. The van der Waals surface area contributed by atoms with Gasteiger partial charge in [-0.25, -0.2) is 4.79 Å². The standard InChI is InChI=1S/C27H26N4O2/c1-18-5-2-10-25(30-18)26-24(17-29-31-26)20-7-4-8-21-15-22(9-3-6-19(21)11-12-20)27(32)33-23-13-14-28-16-23/h2,4-12,15,17,23,28H,3,13-14,16H2,1H3,(H,29,31)/b8-4+,12-11-,20-7-/t23-/m0/s1. The molecule has 0 unspecified atom stereocenters. The highest BCUT2D eigenvalue weighted by atomic mass is 16.5. The fourth-order valence-electron chi connectivity index (χ4n) is 4.19. The Morgan fingerprint density at radius 2 is 2.03 bits per heavy atom. The van der Waals surface area contributed by atoms with Gasteiger partial charge in [0.25, 0.3) is 0 Å². The Hall–Kier alpha value is -3.77. The molecule has 0 amide bonds. The summed E-state index contributed by atoms with van der Waals surface area (Å²) in [5.74, 6) is -0.254. The van der Waals surface area contributed by atoms with Gasteiger partial charge in [-0.3, -0.25) is 10.1 Å². The summed E-state index contributed by atoms with van der Waals surface area (Å²) in [6.07, 6.45) is 19.6. The average Bonchev–Trinajstić information content (AvgIpc) is 3.44. The van der Waals surface area contributed by atoms with Crippen LogP contribution in [-0.4, -0.2) is 40.3 Å². The lowest BCUT2D eigenvalue weighted by molar-refractivity contribution is -0.142. The molecule has 0 spiro atoms. The minimum Gasteiger partial charge on any atom is -0.457 e. The number of allylic oxidation sites excluding steroid dienone is 10. The number of aryl methyl sites for hydroxylation is 1. The third-order valence-electron chi connectivity index (χ3n) is 5.93. The summed E-state index contributed by atoms with van der Waals surface area (Å²) >= 11 is 0. The van der Waals surface area contributed by atoms with E-state index in [-0.39, 0.29) is 12.1 Å². The molecule has 6 nitrogen and oxygen atoms in total. The van der Waals surface area contributed by atoms with Gasteiger partial charge in [0, 0.05) is 17.8 Å². The van der Waals surface area contributed by atoms with Crippen LogP contribution in [-0.2, 0) is 9.53 Å². The molecular formula is C27H26N4O2. The first-order valence-electron chi connectivity index (χ1n) is 11.3. The van der Waals surface area contributed by atoms with Crippen molar-refractivity contribution in [1.82, 2.24) is 20.5 Å². The summed E-state index contributed by atoms with van der Waals surface area (Å²) in [6.45, 7) is 3.60. The number of fused-ring (bicyclic) bond motifs is 1. The van der Waals surface area contributed by atoms with Crippen molar-refractivity contribution < 1.29 is 9.53 Å². The van der Waals surface area contributed by atoms with Crippen LogP contribution in [0, 0.1) is 6.92 Å². The van der Waals surface area contributed by atoms with Gasteiger partial charge in [-0.05, 0) is 61.2 Å². The maximum absolute atomic E-state index is 12.7. The predicted molar refractivity (Wildman–Crippen MR) is 129 cm³/mol. The molecule has 3 aliphatic rings. The van der Waals surface area contributed by atoms with Crippen molar-refractivity contribution in [3.63, 3.8) is 0 Å². The van der Waals surface area contributed by atoms with Crippen molar-refractivity contribution in [2.45, 2.75) is 25.9 Å². The number of aromatic nitrogens is 3. The van der Waals surface area contributed by atoms with E-state index in [1.807, 2.05) is 55.6 Å². The minimum atomic E-state index is -0.254. The second-order valence-electron chi connectivity index (χ2n) is 8.31. The quantitative estimate of drug-likeness (QED) is 0.693. The van der Waals surface area contributed by atoms with Crippen LogP contribution in [0.25, 0.3) is 17.0 Å². The van der Waals surface area contributed by atoms with E-state index in [9.17, 15) is 4.79 Å². The van der Waals surface area contributed by atoms with Gasteiger partial charge >= 0.3 is 5.97 Å². The average molecular weight is 439 g/mol. The Kier molecular flexibility index (Phi) is 6.00. The Morgan fingerprint density at radius 3 is 2.88 bits per heavy atom. The molecule has 0 aromatic carbocycles. The molecule has 2 N–H and O–H groups in total. The van der Waals surface area contributed by atoms with Gasteiger partial charge in [-0.2, -0.15) is 5.10 Å². The number of hydrogen-bond donors (Lipinski definition) is 2. The number of pyridine rings is 1. The number of H-pyrrole nitrogens is 1. The lowest BCUT2D eigenvalue weighted by atomic mass is 9.96. The molecule has 33 heavy (non-hydrogen) atoms. The number of ether oxygens (including phenoxy) is 1. The molecule has 0 bridgehead atoms. The van der Waals surface area contributed by atoms with Crippen LogP contribution in [0.1, 0.15) is 24.1 Å². The summed E-state index contributed by atoms with van der Waals surface area (Å²) in [7, 11) is 0. The second-order valence-corrected chi connectivity index (χ2v) is 8.31. The summed E-state index contributed by atoms with van der Waals surface area (Å²) < 4.78 is 5.66. The number of esters is 1. The molecule has 2 aromatic rings. The zero-order chi connectivity index (χ0) is 22.6. The zero-order valence-electron chi connectivity index (χ0n) is 18.5. The monoisotopic (exact) mass is 438 g/mol. The van der Waals surface area contributed by atoms with Gasteiger partial charge < -0.3 is 10.1 Å². The fourth-order valence-corrected chi connectivity index (χ4v) is 4.19. The molecule has 2 aliphatic carbocycles. The number of carbonyl (C=O) groups excluding carboxylic acids is 1. The first-order chi connectivity index (χ1) is 16.2. The van der Waals surface area contributed by atoms with E-state index >= 15 is 0 Å². The van der Waals surface area contributed by atoms with Crippen LogP contribution in [0.3, 0.4) is 0 Å². The molecule has 1 saturated heterocycles. The first-order valence-corrected chi connectivity index (χ1v) is 11.3. The van der Waals surface area contributed by atoms with Crippen molar-refractivity contribution in [2.24, 2.45) is 0 Å². The van der Waals surface area contributed by atoms with Crippen LogP contribution in [0.4, 0.5) is 0 Å². The normalized spacial score (nSPS) is 23.5. The summed E-state index contributed by atoms with van der Waals surface area (Å²) in [6, 6.07) is 5.96. The van der Waals surface area contributed by atoms with Gasteiger partial charge in [-0.1, -0.05) is 48.6 Å². The number of carbonyl (C=O) groups is 1. The molecule has 0 saturated carbocycles. The van der Waals surface area contributed by atoms with E-state index in [1.54, 1.807) is 0 Å². The second kappa shape index (κ2) is 9.38. The lowest BCUT2D eigenvalue weighted by Crippen LogP contribution is -2.21. The highest BCUT2D eigenvalue weighted by Crippen LogP contribution is 2.30. The molecular weight excluding hydrogens is 412 g/mol. The SMILES string of the molecule is Cc1cccc(-c2[nH]ncc2C2=C\C=C\C3=CC(C(=O)O[C@H]4CCNC4)=CCC=C3/C=C\2)n1. The van der Waals surface area contributed by atoms with Crippen molar-refractivity contribution in [1.29, 1.82) is 0 Å². The summed E-state index contributed by atoms with van der Waals surface area (Å²) in [5, 5.41) is 10.6. The van der Waals surface area contributed by atoms with E-state index < -0.39 is 0 Å². The van der Waals surface area contributed by atoms with E-state index in [4.69, 9.17) is 4.74 Å².